The molecule has 1 aliphatic rings. The monoisotopic (exact) mass is 436 g/mol. The number of likely N-dealkylation sites (N-methyl/N-ethyl adjacent to an activating group) is 1. The summed E-state index contributed by atoms with van der Waals surface area (Å²) in [5, 5.41) is 9.82. The Bertz CT molecular complexity index is 1090. The van der Waals surface area contributed by atoms with E-state index in [1.807, 2.05) is 54.4 Å². The third-order valence-electron chi connectivity index (χ3n) is 5.98. The summed E-state index contributed by atoms with van der Waals surface area (Å²) in [6, 6.07) is 15.2. The first-order chi connectivity index (χ1) is 15.5. The zero-order chi connectivity index (χ0) is 22.5. The lowest BCUT2D eigenvalue weighted by atomic mass is 10.1. The van der Waals surface area contributed by atoms with Gasteiger partial charge in [0.15, 0.2) is 6.61 Å². The van der Waals surface area contributed by atoms with Gasteiger partial charge in [-0.05, 0) is 36.6 Å². The van der Waals surface area contributed by atoms with Gasteiger partial charge in [0.25, 0.3) is 0 Å². The number of rotatable bonds is 9. The quantitative estimate of drug-likeness (QED) is 0.552. The molecule has 1 fully saturated rings. The van der Waals surface area contributed by atoms with Crippen molar-refractivity contribution in [3.8, 4) is 5.75 Å². The molecule has 0 bridgehead atoms. The zero-order valence-electron chi connectivity index (χ0n) is 18.2. The highest BCUT2D eigenvalue weighted by Crippen LogP contribution is 2.24. The molecule has 1 unspecified atom stereocenters. The Balaban J connectivity index is 1.50. The minimum absolute atomic E-state index is 0.0340. The normalized spacial score (nSPS) is 15.0. The summed E-state index contributed by atoms with van der Waals surface area (Å²) in [5.41, 5.74) is 2.67. The summed E-state index contributed by atoms with van der Waals surface area (Å²) < 4.78 is 10.9. The van der Waals surface area contributed by atoms with Crippen molar-refractivity contribution in [3.05, 3.63) is 65.9 Å². The van der Waals surface area contributed by atoms with Crippen molar-refractivity contribution in [1.82, 2.24) is 9.80 Å². The number of nitrogens with zero attached hydrogens (tertiary/aromatic N) is 2. The predicted octanol–water partition coefficient (Wildman–Crippen LogP) is 3.56. The van der Waals surface area contributed by atoms with Crippen LogP contribution in [0.25, 0.3) is 11.0 Å². The maximum absolute atomic E-state index is 13.3. The molecule has 1 aliphatic heterocycles. The van der Waals surface area contributed by atoms with Crippen molar-refractivity contribution in [1.29, 1.82) is 0 Å². The lowest BCUT2D eigenvalue weighted by Crippen LogP contribution is -2.49. The van der Waals surface area contributed by atoms with Crippen LogP contribution in [0.1, 0.15) is 24.0 Å². The number of likely N-dealkylation sites (tertiary alicyclic amines) is 1. The van der Waals surface area contributed by atoms with E-state index in [1.54, 1.807) is 12.3 Å². The number of ether oxygens (including phenoxy) is 1. The Kier molecular flexibility index (Phi) is 6.75. The van der Waals surface area contributed by atoms with Crippen LogP contribution in [-0.4, -0.2) is 59.7 Å². The summed E-state index contributed by atoms with van der Waals surface area (Å²) >= 11 is 0. The van der Waals surface area contributed by atoms with Gasteiger partial charge in [0, 0.05) is 37.5 Å². The summed E-state index contributed by atoms with van der Waals surface area (Å²) in [6.07, 6.45) is 4.74. The number of benzene rings is 2. The van der Waals surface area contributed by atoms with Gasteiger partial charge in [0.2, 0.25) is 5.91 Å². The molecule has 1 atom stereocenters. The molecule has 4 rings (SSSR count). The summed E-state index contributed by atoms with van der Waals surface area (Å²) in [4.78, 5) is 28.2. The molecule has 0 spiro atoms. The number of furan rings is 1. The lowest BCUT2D eigenvalue weighted by molar-refractivity contribution is -0.139. The highest BCUT2D eigenvalue weighted by Gasteiger charge is 2.29. The lowest BCUT2D eigenvalue weighted by Gasteiger charge is -2.35. The second-order valence-electron chi connectivity index (χ2n) is 8.20. The fourth-order valence-electron chi connectivity index (χ4n) is 4.29. The summed E-state index contributed by atoms with van der Waals surface area (Å²) in [6.45, 7) is 1.52. The largest absolute Gasteiger partial charge is 0.482 e. The number of para-hydroxylation sites is 1. The maximum Gasteiger partial charge on any atom is 0.341 e. The van der Waals surface area contributed by atoms with Gasteiger partial charge in [-0.2, -0.15) is 0 Å². The van der Waals surface area contributed by atoms with E-state index in [0.717, 1.165) is 48.0 Å². The molecule has 1 amide bonds. The third kappa shape index (κ3) is 5.11. The number of carbonyl (C=O) groups is 2. The first kappa shape index (κ1) is 21.9. The Morgan fingerprint density at radius 3 is 2.72 bits per heavy atom. The van der Waals surface area contributed by atoms with Crippen molar-refractivity contribution in [2.24, 2.45) is 0 Å². The number of aliphatic carboxylic acids is 1. The predicted molar refractivity (Wildman–Crippen MR) is 121 cm³/mol. The third-order valence-corrected chi connectivity index (χ3v) is 5.98. The molecule has 0 radical (unpaired) electrons. The van der Waals surface area contributed by atoms with Gasteiger partial charge in [-0.15, -0.1) is 0 Å². The fraction of sp³-hybridized carbons (Fsp3) is 0.360. The van der Waals surface area contributed by atoms with E-state index in [9.17, 15) is 9.59 Å². The highest BCUT2D eigenvalue weighted by atomic mass is 16.5. The number of amides is 1. The van der Waals surface area contributed by atoms with Gasteiger partial charge in [0.1, 0.15) is 11.3 Å². The van der Waals surface area contributed by atoms with E-state index in [-0.39, 0.29) is 25.1 Å². The van der Waals surface area contributed by atoms with Crippen LogP contribution in [0, 0.1) is 0 Å². The molecular formula is C25H28N2O5. The number of carboxylic acid groups (broad SMARTS) is 1. The number of fused-ring (bicyclic) bond motifs is 1. The van der Waals surface area contributed by atoms with Gasteiger partial charge in [0.05, 0.1) is 18.8 Å². The van der Waals surface area contributed by atoms with E-state index >= 15 is 0 Å². The minimum atomic E-state index is -1.01. The average Bonchev–Trinajstić information content (AvgIpc) is 3.47. The number of hydrogen-bond acceptors (Lipinski definition) is 5. The van der Waals surface area contributed by atoms with Crippen molar-refractivity contribution < 1.29 is 23.8 Å². The molecular weight excluding hydrogens is 408 g/mol. The number of carbonyl (C=O) groups excluding carboxylic acids is 1. The Morgan fingerprint density at radius 1 is 1.16 bits per heavy atom. The average molecular weight is 437 g/mol. The van der Waals surface area contributed by atoms with Crippen LogP contribution in [-0.2, 0) is 22.4 Å². The first-order valence-electron chi connectivity index (χ1n) is 10.9. The zero-order valence-corrected chi connectivity index (χ0v) is 18.2. The second-order valence-corrected chi connectivity index (χ2v) is 8.20. The van der Waals surface area contributed by atoms with Gasteiger partial charge in [-0.1, -0.05) is 30.3 Å². The van der Waals surface area contributed by atoms with E-state index < -0.39 is 5.97 Å². The van der Waals surface area contributed by atoms with E-state index in [4.69, 9.17) is 14.3 Å². The van der Waals surface area contributed by atoms with Crippen LogP contribution in [0.2, 0.25) is 0 Å². The van der Waals surface area contributed by atoms with Crippen LogP contribution in [0.15, 0.2) is 59.2 Å². The number of carboxylic acids is 1. The van der Waals surface area contributed by atoms with Crippen LogP contribution < -0.4 is 4.74 Å². The molecule has 3 aromatic rings. The summed E-state index contributed by atoms with van der Waals surface area (Å²) in [5.74, 6) is -0.460. The smallest absolute Gasteiger partial charge is 0.341 e. The standard InChI is InChI=1S/C25H28N2O5/c1-26(24(28)15-19-16-32-22-10-3-2-9-21(19)22)23(27-11-4-5-12-27)14-18-7-6-8-20(13-18)31-17-25(29)30/h2-3,6-10,13,16,23H,4-5,11-12,14-15,17H2,1H3,(H,29,30). The molecule has 0 saturated carbocycles. The Hall–Kier alpha value is -3.32. The molecule has 32 heavy (non-hydrogen) atoms. The molecule has 0 aliphatic carbocycles. The summed E-state index contributed by atoms with van der Waals surface area (Å²) in [7, 11) is 1.86. The molecule has 168 valence electrons. The van der Waals surface area contributed by atoms with Crippen LogP contribution >= 0.6 is 0 Å². The van der Waals surface area contributed by atoms with Crippen molar-refractivity contribution in [2.75, 3.05) is 26.7 Å². The van der Waals surface area contributed by atoms with Gasteiger partial charge >= 0.3 is 5.97 Å². The first-order valence-corrected chi connectivity index (χ1v) is 10.9. The van der Waals surface area contributed by atoms with Crippen molar-refractivity contribution in [3.63, 3.8) is 0 Å². The molecule has 1 N–H and O–H groups in total. The van der Waals surface area contributed by atoms with Crippen molar-refractivity contribution >= 4 is 22.8 Å². The van der Waals surface area contributed by atoms with Gasteiger partial charge < -0.3 is 19.2 Å². The topological polar surface area (TPSA) is 83.2 Å². The number of hydrogen-bond donors (Lipinski definition) is 1. The maximum atomic E-state index is 13.3. The Labute approximate surface area is 187 Å². The molecule has 2 heterocycles. The highest BCUT2D eigenvalue weighted by molar-refractivity contribution is 5.87. The van der Waals surface area contributed by atoms with Crippen LogP contribution in [0.4, 0.5) is 0 Å². The van der Waals surface area contributed by atoms with Crippen LogP contribution in [0.3, 0.4) is 0 Å². The van der Waals surface area contributed by atoms with Crippen molar-refractivity contribution in [2.45, 2.75) is 31.8 Å². The minimum Gasteiger partial charge on any atom is -0.482 e. The molecule has 7 heteroatoms. The van der Waals surface area contributed by atoms with Gasteiger partial charge in [-0.3, -0.25) is 9.69 Å². The Morgan fingerprint density at radius 2 is 1.94 bits per heavy atom. The SMILES string of the molecule is CN(C(=O)Cc1coc2ccccc12)C(Cc1cccc(OCC(=O)O)c1)N1CCCC1. The van der Waals surface area contributed by atoms with E-state index in [2.05, 4.69) is 4.90 Å². The second kappa shape index (κ2) is 9.87. The van der Waals surface area contributed by atoms with E-state index in [0.29, 0.717) is 12.2 Å². The molecule has 7 nitrogen and oxygen atoms in total. The molecule has 2 aromatic carbocycles. The molecule has 1 aromatic heterocycles. The van der Waals surface area contributed by atoms with Crippen LogP contribution in [0.5, 0.6) is 5.75 Å². The molecule has 1 saturated heterocycles. The van der Waals surface area contributed by atoms with Gasteiger partial charge in [-0.25, -0.2) is 4.79 Å². The van der Waals surface area contributed by atoms with E-state index in [1.165, 1.54) is 0 Å². The fourth-order valence-corrected chi connectivity index (χ4v) is 4.29.